The summed E-state index contributed by atoms with van der Waals surface area (Å²) in [5, 5.41) is 2.72. The lowest BCUT2D eigenvalue weighted by Crippen LogP contribution is -2.47. The molecule has 0 aliphatic carbocycles. The van der Waals surface area contributed by atoms with Gasteiger partial charge in [0.05, 0.1) is 13.2 Å². The second kappa shape index (κ2) is 13.2. The third kappa shape index (κ3) is 6.76. The lowest BCUT2D eigenvalue weighted by atomic mass is 9.95. The van der Waals surface area contributed by atoms with Gasteiger partial charge in [0.25, 0.3) is 5.91 Å². The summed E-state index contributed by atoms with van der Waals surface area (Å²) in [4.78, 5) is 35.5. The van der Waals surface area contributed by atoms with Gasteiger partial charge in [0, 0.05) is 69.5 Å². The number of carbonyl (C=O) groups is 2. The van der Waals surface area contributed by atoms with Crippen LogP contribution < -0.4 is 5.32 Å². The van der Waals surface area contributed by atoms with Crippen molar-refractivity contribution in [2.45, 2.75) is 26.4 Å². The predicted molar refractivity (Wildman–Crippen MR) is 149 cm³/mol. The van der Waals surface area contributed by atoms with Crippen LogP contribution in [0, 0.1) is 0 Å². The predicted octanol–water partition coefficient (Wildman–Crippen LogP) is 4.65. The molecule has 0 bridgehead atoms. The molecule has 2 aromatic carbocycles. The van der Waals surface area contributed by atoms with E-state index in [-0.39, 0.29) is 11.9 Å². The van der Waals surface area contributed by atoms with Gasteiger partial charge in [-0.1, -0.05) is 30.3 Å². The van der Waals surface area contributed by atoms with Crippen molar-refractivity contribution in [3.8, 4) is 0 Å². The van der Waals surface area contributed by atoms with Gasteiger partial charge in [-0.15, -0.1) is 0 Å². The molecule has 1 aromatic heterocycles. The number of aromatic nitrogens is 1. The largest absolute Gasteiger partial charge is 0.453 e. The number of nitrogens with one attached hydrogen (secondary N) is 1. The second-order valence-electron chi connectivity index (χ2n) is 9.41. The third-order valence-electron chi connectivity index (χ3n) is 7.08. The van der Waals surface area contributed by atoms with Gasteiger partial charge in [0.15, 0.2) is 0 Å². The average Bonchev–Trinajstić information content (AvgIpc) is 2.96. The molecule has 0 saturated carbocycles. The maximum absolute atomic E-state index is 12.9. The first kappa shape index (κ1) is 27.3. The first-order valence-corrected chi connectivity index (χ1v) is 13.2. The van der Waals surface area contributed by atoms with Crippen molar-refractivity contribution in [3.63, 3.8) is 0 Å². The van der Waals surface area contributed by atoms with Crippen molar-refractivity contribution in [2.75, 3.05) is 51.7 Å². The number of piperazine rings is 1. The smallest absolute Gasteiger partial charge is 0.411 e. The summed E-state index contributed by atoms with van der Waals surface area (Å²) in [5.74, 6) is 0.0559. The summed E-state index contributed by atoms with van der Waals surface area (Å²) in [6.45, 7) is 9.99. The molecule has 200 valence electrons. The fourth-order valence-corrected chi connectivity index (χ4v) is 4.96. The molecule has 0 radical (unpaired) electrons. The summed E-state index contributed by atoms with van der Waals surface area (Å²) >= 11 is 0. The van der Waals surface area contributed by atoms with Crippen LogP contribution in [0.15, 0.2) is 73.1 Å². The number of benzene rings is 2. The Kier molecular flexibility index (Phi) is 9.46. The van der Waals surface area contributed by atoms with E-state index >= 15 is 0 Å². The average molecular weight is 516 g/mol. The van der Waals surface area contributed by atoms with E-state index in [1.54, 1.807) is 6.20 Å². The van der Waals surface area contributed by atoms with Crippen LogP contribution in [0.25, 0.3) is 0 Å². The summed E-state index contributed by atoms with van der Waals surface area (Å²) < 4.78 is 4.71. The van der Waals surface area contributed by atoms with Gasteiger partial charge in [-0.2, -0.15) is 0 Å². The molecule has 2 heterocycles. The highest BCUT2D eigenvalue weighted by Gasteiger charge is 2.27. The van der Waals surface area contributed by atoms with E-state index in [4.69, 9.17) is 4.74 Å². The van der Waals surface area contributed by atoms with Gasteiger partial charge in [-0.25, -0.2) is 4.79 Å². The van der Waals surface area contributed by atoms with E-state index in [9.17, 15) is 9.59 Å². The lowest BCUT2D eigenvalue weighted by Gasteiger charge is -2.40. The van der Waals surface area contributed by atoms with Crippen LogP contribution >= 0.6 is 0 Å². The number of nitrogens with zero attached hydrogens (tertiary/aromatic N) is 4. The van der Waals surface area contributed by atoms with Gasteiger partial charge in [-0.3, -0.25) is 24.9 Å². The number of pyridine rings is 1. The summed E-state index contributed by atoms with van der Waals surface area (Å²) in [7, 11) is 1.35. The highest BCUT2D eigenvalue weighted by atomic mass is 16.5. The molecule has 3 aromatic rings. The molecule has 1 unspecified atom stereocenters. The molecule has 38 heavy (non-hydrogen) atoms. The van der Waals surface area contributed by atoms with Crippen LogP contribution in [0.2, 0.25) is 0 Å². The Morgan fingerprint density at radius 3 is 2.13 bits per heavy atom. The molecular weight excluding hydrogens is 478 g/mol. The first-order valence-electron chi connectivity index (χ1n) is 13.2. The van der Waals surface area contributed by atoms with Crippen LogP contribution in [-0.4, -0.2) is 78.1 Å². The zero-order valence-corrected chi connectivity index (χ0v) is 22.5. The summed E-state index contributed by atoms with van der Waals surface area (Å²) in [5.41, 5.74) is 4.87. The zero-order chi connectivity index (χ0) is 26.9. The number of amides is 2. The Morgan fingerprint density at radius 2 is 1.58 bits per heavy atom. The van der Waals surface area contributed by atoms with Gasteiger partial charge in [0.2, 0.25) is 0 Å². The standard InChI is InChI=1S/C30H37N5O3/c1-4-34(5-2)29(36)26-10-8-24(9-11-26)28(25-12-14-27(15-13-25)32-30(37)38-3)35-19-17-33(18-20-35)22-23-7-6-16-31-21-23/h6-16,21,28H,4-5,17-20,22H2,1-3H3,(H,32,37). The van der Waals surface area contributed by atoms with Crippen LogP contribution in [-0.2, 0) is 11.3 Å². The van der Waals surface area contributed by atoms with E-state index in [0.717, 1.165) is 43.9 Å². The molecule has 1 fully saturated rings. The molecule has 8 heteroatoms. The molecule has 1 saturated heterocycles. The van der Waals surface area contributed by atoms with Gasteiger partial charge >= 0.3 is 6.09 Å². The monoisotopic (exact) mass is 515 g/mol. The Bertz CT molecular complexity index is 1170. The molecule has 8 nitrogen and oxygen atoms in total. The summed E-state index contributed by atoms with van der Waals surface area (Å²) in [6.07, 6.45) is 3.24. The van der Waals surface area contributed by atoms with Crippen molar-refractivity contribution in [1.82, 2.24) is 19.7 Å². The molecule has 2 amide bonds. The number of ether oxygens (including phenoxy) is 1. The van der Waals surface area contributed by atoms with E-state index < -0.39 is 6.09 Å². The fraction of sp³-hybridized carbons (Fsp3) is 0.367. The SMILES string of the molecule is CCN(CC)C(=O)c1ccc(C(c2ccc(NC(=O)OC)cc2)N2CCN(Cc3cccnc3)CC2)cc1. The van der Waals surface area contributed by atoms with E-state index in [0.29, 0.717) is 24.3 Å². The van der Waals surface area contributed by atoms with Crippen LogP contribution in [0.4, 0.5) is 10.5 Å². The molecule has 1 aliphatic heterocycles. The Hall–Kier alpha value is -3.75. The van der Waals surface area contributed by atoms with E-state index in [2.05, 4.69) is 38.3 Å². The number of hydrogen-bond acceptors (Lipinski definition) is 6. The van der Waals surface area contributed by atoms with Crippen molar-refractivity contribution < 1.29 is 14.3 Å². The van der Waals surface area contributed by atoms with Gasteiger partial charge in [0.1, 0.15) is 0 Å². The first-order chi connectivity index (χ1) is 18.5. The lowest BCUT2D eigenvalue weighted by molar-refractivity contribution is 0.0772. The van der Waals surface area contributed by atoms with Gasteiger partial charge in [-0.05, 0) is 60.9 Å². The molecule has 4 rings (SSSR count). The number of carbonyl (C=O) groups excluding carboxylic acids is 2. The topological polar surface area (TPSA) is 78.0 Å². The second-order valence-corrected chi connectivity index (χ2v) is 9.41. The van der Waals surface area contributed by atoms with Crippen molar-refractivity contribution in [1.29, 1.82) is 0 Å². The number of hydrogen-bond donors (Lipinski definition) is 1. The van der Waals surface area contributed by atoms with Crippen molar-refractivity contribution in [3.05, 3.63) is 95.3 Å². The van der Waals surface area contributed by atoms with Crippen LogP contribution in [0.1, 0.15) is 46.9 Å². The number of anilines is 1. The normalized spacial score (nSPS) is 15.0. The minimum atomic E-state index is -0.493. The number of rotatable bonds is 9. The van der Waals surface area contributed by atoms with Crippen LogP contribution in [0.5, 0.6) is 0 Å². The minimum absolute atomic E-state index is 0.0281. The molecular formula is C30H37N5O3. The quantitative estimate of drug-likeness (QED) is 0.447. The number of methoxy groups -OCH3 is 1. The third-order valence-corrected chi connectivity index (χ3v) is 7.08. The molecule has 1 atom stereocenters. The Morgan fingerprint density at radius 1 is 0.947 bits per heavy atom. The zero-order valence-electron chi connectivity index (χ0n) is 22.5. The molecule has 0 spiro atoms. The fourth-order valence-electron chi connectivity index (χ4n) is 4.96. The van der Waals surface area contributed by atoms with Crippen molar-refractivity contribution >= 4 is 17.7 Å². The highest BCUT2D eigenvalue weighted by molar-refractivity contribution is 5.94. The maximum atomic E-state index is 12.9. The van der Waals surface area contributed by atoms with E-state index in [1.807, 2.05) is 67.4 Å². The van der Waals surface area contributed by atoms with E-state index in [1.165, 1.54) is 12.7 Å². The van der Waals surface area contributed by atoms with Crippen LogP contribution in [0.3, 0.4) is 0 Å². The summed E-state index contributed by atoms with van der Waals surface area (Å²) in [6, 6.07) is 20.0. The Labute approximate surface area is 225 Å². The Balaban J connectivity index is 1.55. The minimum Gasteiger partial charge on any atom is -0.453 e. The highest BCUT2D eigenvalue weighted by Crippen LogP contribution is 2.31. The maximum Gasteiger partial charge on any atom is 0.411 e. The van der Waals surface area contributed by atoms with Gasteiger partial charge < -0.3 is 9.64 Å². The molecule has 1 aliphatic rings. The molecule has 1 N–H and O–H groups in total. The van der Waals surface area contributed by atoms with Crippen molar-refractivity contribution in [2.24, 2.45) is 0 Å².